The fourth-order valence-corrected chi connectivity index (χ4v) is 3.92. The fraction of sp³-hybridized carbons (Fsp3) is 0.409. The molecule has 5 nitrogen and oxygen atoms in total. The summed E-state index contributed by atoms with van der Waals surface area (Å²) in [6.07, 6.45) is 3.82. The van der Waals surface area contributed by atoms with E-state index in [0.717, 1.165) is 55.1 Å². The number of anilines is 1. The molecule has 4 rings (SSSR count). The first-order chi connectivity index (χ1) is 13.0. The number of pyridine rings is 1. The zero-order valence-corrected chi connectivity index (χ0v) is 16.3. The highest BCUT2D eigenvalue weighted by molar-refractivity contribution is 5.83. The summed E-state index contributed by atoms with van der Waals surface area (Å²) in [5.41, 5.74) is 4.00. The minimum atomic E-state index is 0.0942. The van der Waals surface area contributed by atoms with E-state index in [4.69, 9.17) is 4.98 Å². The first-order valence-electron chi connectivity index (χ1n) is 9.67. The average molecular weight is 362 g/mol. The van der Waals surface area contributed by atoms with Crippen LogP contribution in [-0.2, 0) is 6.54 Å². The van der Waals surface area contributed by atoms with E-state index < -0.39 is 0 Å². The molecule has 5 heteroatoms. The second-order valence-electron chi connectivity index (χ2n) is 7.66. The van der Waals surface area contributed by atoms with E-state index in [0.29, 0.717) is 5.92 Å². The molecular formula is C22H26N4O. The minimum absolute atomic E-state index is 0.0942. The van der Waals surface area contributed by atoms with E-state index in [2.05, 4.69) is 41.1 Å². The number of rotatable bonds is 3. The van der Waals surface area contributed by atoms with Crippen LogP contribution in [0.5, 0.6) is 0 Å². The Morgan fingerprint density at radius 1 is 1.11 bits per heavy atom. The van der Waals surface area contributed by atoms with Gasteiger partial charge < -0.3 is 4.90 Å². The monoisotopic (exact) mass is 362 g/mol. The first-order valence-corrected chi connectivity index (χ1v) is 9.67. The molecule has 0 radical (unpaired) electrons. The third kappa shape index (κ3) is 3.46. The van der Waals surface area contributed by atoms with Crippen LogP contribution in [0.4, 0.5) is 5.82 Å². The summed E-state index contributed by atoms with van der Waals surface area (Å²) >= 11 is 0. The van der Waals surface area contributed by atoms with Gasteiger partial charge in [-0.05, 0) is 57.2 Å². The molecule has 1 fully saturated rings. The van der Waals surface area contributed by atoms with Gasteiger partial charge in [0.2, 0.25) is 0 Å². The Kier molecular flexibility index (Phi) is 4.68. The molecule has 1 aromatic carbocycles. The van der Waals surface area contributed by atoms with Crippen molar-refractivity contribution in [1.82, 2.24) is 14.5 Å². The molecule has 0 saturated carbocycles. The smallest absolute Gasteiger partial charge is 0.256 e. The Balaban J connectivity index is 1.46. The third-order valence-corrected chi connectivity index (χ3v) is 5.82. The molecule has 0 aliphatic carbocycles. The third-order valence-electron chi connectivity index (χ3n) is 5.82. The molecule has 2 aromatic heterocycles. The number of fused-ring (bicyclic) bond motifs is 1. The summed E-state index contributed by atoms with van der Waals surface area (Å²) in [7, 11) is 0. The van der Waals surface area contributed by atoms with Gasteiger partial charge in [-0.1, -0.05) is 18.2 Å². The molecule has 1 aliphatic heterocycles. The zero-order chi connectivity index (χ0) is 19.0. The van der Waals surface area contributed by atoms with Crippen molar-refractivity contribution in [3.8, 4) is 0 Å². The number of hydrogen-bond donors (Lipinski definition) is 0. The lowest BCUT2D eigenvalue weighted by atomic mass is 9.96. The van der Waals surface area contributed by atoms with E-state index in [-0.39, 0.29) is 5.56 Å². The second-order valence-corrected chi connectivity index (χ2v) is 7.66. The van der Waals surface area contributed by atoms with Gasteiger partial charge in [-0.2, -0.15) is 0 Å². The molecule has 0 bridgehead atoms. The molecule has 1 saturated heterocycles. The van der Waals surface area contributed by atoms with Gasteiger partial charge >= 0.3 is 0 Å². The van der Waals surface area contributed by atoms with Crippen LogP contribution >= 0.6 is 0 Å². The van der Waals surface area contributed by atoms with Crippen molar-refractivity contribution < 1.29 is 0 Å². The Hall–Kier alpha value is -2.69. The highest BCUT2D eigenvalue weighted by Crippen LogP contribution is 2.26. The number of piperidine rings is 1. The summed E-state index contributed by atoms with van der Waals surface area (Å²) < 4.78 is 1.78. The van der Waals surface area contributed by atoms with Crippen LogP contribution in [0.3, 0.4) is 0 Å². The van der Waals surface area contributed by atoms with Crippen LogP contribution in [0.25, 0.3) is 10.9 Å². The lowest BCUT2D eigenvalue weighted by Gasteiger charge is -2.33. The normalized spacial score (nSPS) is 15.4. The number of benzene rings is 1. The number of aromatic nitrogens is 3. The summed E-state index contributed by atoms with van der Waals surface area (Å²) in [4.78, 5) is 24.0. The van der Waals surface area contributed by atoms with Crippen molar-refractivity contribution in [1.29, 1.82) is 0 Å². The maximum absolute atomic E-state index is 12.4. The Bertz CT molecular complexity index is 1030. The quantitative estimate of drug-likeness (QED) is 0.714. The molecular weight excluding hydrogens is 336 g/mol. The summed E-state index contributed by atoms with van der Waals surface area (Å²) in [6.45, 7) is 8.60. The van der Waals surface area contributed by atoms with Crippen LogP contribution in [0.2, 0.25) is 0 Å². The van der Waals surface area contributed by atoms with Crippen molar-refractivity contribution in [3.05, 3.63) is 63.8 Å². The van der Waals surface area contributed by atoms with Crippen molar-refractivity contribution >= 4 is 16.7 Å². The van der Waals surface area contributed by atoms with Gasteiger partial charge in [-0.15, -0.1) is 0 Å². The molecule has 0 N–H and O–H groups in total. The highest BCUT2D eigenvalue weighted by atomic mass is 16.1. The van der Waals surface area contributed by atoms with Crippen molar-refractivity contribution in [2.75, 3.05) is 18.0 Å². The minimum Gasteiger partial charge on any atom is -0.357 e. The van der Waals surface area contributed by atoms with Crippen LogP contribution < -0.4 is 10.5 Å². The van der Waals surface area contributed by atoms with Gasteiger partial charge in [0.25, 0.3) is 5.56 Å². The number of aryl methyl sites for hydroxylation is 2. The summed E-state index contributed by atoms with van der Waals surface area (Å²) in [6, 6.07) is 10.5. The number of para-hydroxylation sites is 1. The van der Waals surface area contributed by atoms with Gasteiger partial charge in [-0.3, -0.25) is 9.36 Å². The van der Waals surface area contributed by atoms with Crippen molar-refractivity contribution in [2.24, 2.45) is 5.92 Å². The van der Waals surface area contributed by atoms with E-state index in [1.807, 2.05) is 19.9 Å². The molecule has 140 valence electrons. The van der Waals surface area contributed by atoms with Gasteiger partial charge in [0.15, 0.2) is 0 Å². The van der Waals surface area contributed by atoms with E-state index in [1.165, 1.54) is 10.9 Å². The molecule has 1 aliphatic rings. The Morgan fingerprint density at radius 2 is 1.85 bits per heavy atom. The standard InChI is InChI=1S/C22H26N4O/c1-15-12-21(24-20-7-5-4-6-19(15)20)25-10-8-18(9-11-25)13-26-14-23-17(3)16(2)22(26)27/h4-7,12,14,18H,8-11,13H2,1-3H3. The predicted octanol–water partition coefficient (Wildman–Crippen LogP) is 3.63. The van der Waals surface area contributed by atoms with Crippen LogP contribution in [0.1, 0.15) is 29.7 Å². The largest absolute Gasteiger partial charge is 0.357 e. The molecule has 0 spiro atoms. The SMILES string of the molecule is Cc1ncn(CC2CCN(c3cc(C)c4ccccc4n3)CC2)c(=O)c1C. The van der Waals surface area contributed by atoms with Crippen molar-refractivity contribution in [3.63, 3.8) is 0 Å². The zero-order valence-electron chi connectivity index (χ0n) is 16.3. The maximum Gasteiger partial charge on any atom is 0.256 e. The molecule has 27 heavy (non-hydrogen) atoms. The van der Waals surface area contributed by atoms with Crippen LogP contribution in [-0.4, -0.2) is 27.6 Å². The van der Waals surface area contributed by atoms with E-state index in [9.17, 15) is 4.79 Å². The van der Waals surface area contributed by atoms with E-state index >= 15 is 0 Å². The van der Waals surface area contributed by atoms with E-state index in [1.54, 1.807) is 10.9 Å². The van der Waals surface area contributed by atoms with Gasteiger partial charge in [0, 0.05) is 36.3 Å². The van der Waals surface area contributed by atoms with Crippen molar-refractivity contribution in [2.45, 2.75) is 40.2 Å². The van der Waals surface area contributed by atoms with Gasteiger partial charge in [0.05, 0.1) is 11.8 Å². The average Bonchev–Trinajstić information content (AvgIpc) is 2.69. The summed E-state index contributed by atoms with van der Waals surface area (Å²) in [5, 5.41) is 1.22. The maximum atomic E-state index is 12.4. The highest BCUT2D eigenvalue weighted by Gasteiger charge is 2.22. The lowest BCUT2D eigenvalue weighted by Crippen LogP contribution is -2.37. The lowest BCUT2D eigenvalue weighted by molar-refractivity contribution is 0.349. The molecule has 0 amide bonds. The number of hydrogen-bond acceptors (Lipinski definition) is 4. The first kappa shape index (κ1) is 17.7. The molecule has 0 unspecified atom stereocenters. The predicted molar refractivity (Wildman–Crippen MR) is 109 cm³/mol. The summed E-state index contributed by atoms with van der Waals surface area (Å²) in [5.74, 6) is 1.57. The van der Waals surface area contributed by atoms with Gasteiger partial charge in [0.1, 0.15) is 5.82 Å². The molecule has 0 atom stereocenters. The topological polar surface area (TPSA) is 51.0 Å². The molecule has 3 aromatic rings. The second kappa shape index (κ2) is 7.14. The van der Waals surface area contributed by atoms with Gasteiger partial charge in [-0.25, -0.2) is 9.97 Å². The number of nitrogens with zero attached hydrogens (tertiary/aromatic N) is 4. The molecule has 3 heterocycles. The fourth-order valence-electron chi connectivity index (χ4n) is 3.92. The Labute approximate surface area is 159 Å². The van der Waals surface area contributed by atoms with Crippen LogP contribution in [0, 0.1) is 26.7 Å². The Morgan fingerprint density at radius 3 is 2.63 bits per heavy atom. The van der Waals surface area contributed by atoms with Crippen LogP contribution in [0.15, 0.2) is 41.5 Å².